The molecule has 1 aliphatic rings. The van der Waals surface area contributed by atoms with Crippen molar-refractivity contribution in [1.29, 1.82) is 0 Å². The minimum absolute atomic E-state index is 0.161. The summed E-state index contributed by atoms with van der Waals surface area (Å²) in [5.41, 5.74) is 1.12. The van der Waals surface area contributed by atoms with Gasteiger partial charge in [-0.1, -0.05) is 25.5 Å². The molecule has 2 aromatic rings. The van der Waals surface area contributed by atoms with Crippen LogP contribution in [-0.2, 0) is 4.79 Å². The maximum absolute atomic E-state index is 12.1. The van der Waals surface area contributed by atoms with E-state index in [1.54, 1.807) is 0 Å². The Morgan fingerprint density at radius 1 is 1.38 bits per heavy atom. The first-order valence-corrected chi connectivity index (χ1v) is 9.84. The molecule has 1 atom stereocenters. The van der Waals surface area contributed by atoms with Crippen LogP contribution in [0.5, 0.6) is 0 Å². The van der Waals surface area contributed by atoms with E-state index in [2.05, 4.69) is 42.3 Å². The summed E-state index contributed by atoms with van der Waals surface area (Å²) in [4.78, 5) is 19.2. The maximum atomic E-state index is 12.1. The van der Waals surface area contributed by atoms with Crippen LogP contribution < -0.4 is 5.32 Å². The molecule has 4 nitrogen and oxygen atoms in total. The summed E-state index contributed by atoms with van der Waals surface area (Å²) in [6.45, 7) is 6.73. The number of carbonyl (C=O) groups excluding carboxylic acids is 1. The Labute approximate surface area is 148 Å². The molecule has 1 N–H and O–H groups in total. The SMILES string of the molecule is CCC[C@H](C)NC(=O)CN1CCC(c2nc3ccccc3s2)CC1. The number of rotatable bonds is 6. The van der Waals surface area contributed by atoms with Gasteiger partial charge in [0.2, 0.25) is 5.91 Å². The van der Waals surface area contributed by atoms with E-state index < -0.39 is 0 Å². The molecule has 2 heterocycles. The largest absolute Gasteiger partial charge is 0.353 e. The van der Waals surface area contributed by atoms with Gasteiger partial charge < -0.3 is 5.32 Å². The standard InChI is InChI=1S/C19H27N3OS/c1-3-6-14(2)20-18(23)13-22-11-9-15(10-12-22)19-21-16-7-4-5-8-17(16)24-19/h4-5,7-8,14-15H,3,6,9-13H2,1-2H3,(H,20,23)/t14-/m0/s1. The van der Waals surface area contributed by atoms with E-state index in [-0.39, 0.29) is 11.9 Å². The average molecular weight is 346 g/mol. The van der Waals surface area contributed by atoms with E-state index in [1.165, 1.54) is 9.71 Å². The van der Waals surface area contributed by atoms with Crippen LogP contribution >= 0.6 is 11.3 Å². The van der Waals surface area contributed by atoms with Crippen molar-refractivity contribution in [3.05, 3.63) is 29.3 Å². The van der Waals surface area contributed by atoms with Crippen LogP contribution in [0.2, 0.25) is 0 Å². The Balaban J connectivity index is 1.49. The minimum atomic E-state index is 0.161. The van der Waals surface area contributed by atoms with Crippen LogP contribution in [0.3, 0.4) is 0 Å². The third-order valence-electron chi connectivity index (χ3n) is 4.74. The highest BCUT2D eigenvalue weighted by molar-refractivity contribution is 7.18. The van der Waals surface area contributed by atoms with Crippen LogP contribution in [0.1, 0.15) is 50.5 Å². The molecular formula is C19H27N3OS. The molecular weight excluding hydrogens is 318 g/mol. The van der Waals surface area contributed by atoms with Gasteiger partial charge in [-0.05, 0) is 51.4 Å². The summed E-state index contributed by atoms with van der Waals surface area (Å²) in [6.07, 6.45) is 4.34. The third-order valence-corrected chi connectivity index (χ3v) is 5.94. The Morgan fingerprint density at radius 3 is 2.83 bits per heavy atom. The molecule has 0 spiro atoms. The number of piperidine rings is 1. The van der Waals surface area contributed by atoms with Gasteiger partial charge in [-0.15, -0.1) is 11.3 Å². The van der Waals surface area contributed by atoms with Gasteiger partial charge in [-0.3, -0.25) is 9.69 Å². The first kappa shape index (κ1) is 17.4. The lowest BCUT2D eigenvalue weighted by molar-refractivity contribution is -0.123. The summed E-state index contributed by atoms with van der Waals surface area (Å²) in [7, 11) is 0. The van der Waals surface area contributed by atoms with Gasteiger partial charge in [-0.2, -0.15) is 0 Å². The predicted octanol–water partition coefficient (Wildman–Crippen LogP) is 3.78. The number of amides is 1. The molecule has 1 aromatic heterocycles. The van der Waals surface area contributed by atoms with Crippen LogP contribution in [0, 0.1) is 0 Å². The molecule has 0 bridgehead atoms. The van der Waals surface area contributed by atoms with Crippen molar-refractivity contribution >= 4 is 27.5 Å². The fraction of sp³-hybridized carbons (Fsp3) is 0.579. The van der Waals surface area contributed by atoms with Crippen molar-refractivity contribution in [2.24, 2.45) is 0 Å². The Hall–Kier alpha value is -1.46. The highest BCUT2D eigenvalue weighted by Crippen LogP contribution is 2.33. The number of para-hydroxylation sites is 1. The van der Waals surface area contributed by atoms with Crippen LogP contribution in [0.25, 0.3) is 10.2 Å². The fourth-order valence-corrected chi connectivity index (χ4v) is 4.57. The summed E-state index contributed by atoms with van der Waals surface area (Å²) in [5.74, 6) is 0.704. The molecule has 1 aromatic carbocycles. The van der Waals surface area contributed by atoms with Crippen molar-refractivity contribution < 1.29 is 4.79 Å². The molecule has 1 fully saturated rings. The summed E-state index contributed by atoms with van der Waals surface area (Å²) in [5, 5.41) is 4.36. The smallest absolute Gasteiger partial charge is 0.234 e. The maximum Gasteiger partial charge on any atom is 0.234 e. The monoisotopic (exact) mass is 345 g/mol. The van der Waals surface area contributed by atoms with Crippen molar-refractivity contribution in [3.63, 3.8) is 0 Å². The second-order valence-corrected chi connectivity index (χ2v) is 7.89. The minimum Gasteiger partial charge on any atom is -0.353 e. The van der Waals surface area contributed by atoms with Crippen LogP contribution in [0.4, 0.5) is 0 Å². The molecule has 1 amide bonds. The molecule has 5 heteroatoms. The molecule has 3 rings (SSSR count). The molecule has 24 heavy (non-hydrogen) atoms. The molecule has 0 radical (unpaired) electrons. The van der Waals surface area contributed by atoms with Gasteiger partial charge in [0, 0.05) is 12.0 Å². The number of carbonyl (C=O) groups is 1. The molecule has 1 aliphatic heterocycles. The van der Waals surface area contributed by atoms with E-state index >= 15 is 0 Å². The van der Waals surface area contributed by atoms with Crippen molar-refractivity contribution in [3.8, 4) is 0 Å². The number of thiazole rings is 1. The lowest BCUT2D eigenvalue weighted by atomic mass is 9.97. The molecule has 0 aliphatic carbocycles. The number of likely N-dealkylation sites (tertiary alicyclic amines) is 1. The summed E-state index contributed by atoms with van der Waals surface area (Å²) >= 11 is 1.82. The molecule has 0 unspecified atom stereocenters. The number of benzene rings is 1. The Bertz CT molecular complexity index is 643. The normalized spacial score (nSPS) is 17.9. The molecule has 0 saturated carbocycles. The van der Waals surface area contributed by atoms with Gasteiger partial charge in [-0.25, -0.2) is 4.98 Å². The Morgan fingerprint density at radius 2 is 2.12 bits per heavy atom. The Kier molecular flexibility index (Phi) is 5.85. The van der Waals surface area contributed by atoms with E-state index in [9.17, 15) is 4.79 Å². The van der Waals surface area contributed by atoms with Gasteiger partial charge >= 0.3 is 0 Å². The zero-order valence-corrected chi connectivity index (χ0v) is 15.4. The van der Waals surface area contributed by atoms with Gasteiger partial charge in [0.15, 0.2) is 0 Å². The second kappa shape index (κ2) is 8.08. The van der Waals surface area contributed by atoms with Crippen molar-refractivity contribution in [1.82, 2.24) is 15.2 Å². The van der Waals surface area contributed by atoms with Crippen molar-refractivity contribution in [2.45, 2.75) is 51.5 Å². The molecule has 1 saturated heterocycles. The third kappa shape index (κ3) is 4.33. The number of nitrogens with one attached hydrogen (secondary N) is 1. The first-order valence-electron chi connectivity index (χ1n) is 9.03. The quantitative estimate of drug-likeness (QED) is 0.866. The zero-order chi connectivity index (χ0) is 16.9. The highest BCUT2D eigenvalue weighted by atomic mass is 32.1. The summed E-state index contributed by atoms with van der Waals surface area (Å²) < 4.78 is 1.28. The highest BCUT2D eigenvalue weighted by Gasteiger charge is 2.24. The van der Waals surface area contributed by atoms with Crippen LogP contribution in [-0.4, -0.2) is 41.5 Å². The van der Waals surface area contributed by atoms with Gasteiger partial charge in [0.05, 0.1) is 21.8 Å². The fourth-order valence-electron chi connectivity index (χ4n) is 3.43. The van der Waals surface area contributed by atoms with E-state index in [4.69, 9.17) is 4.98 Å². The number of hydrogen-bond acceptors (Lipinski definition) is 4. The summed E-state index contributed by atoms with van der Waals surface area (Å²) in [6, 6.07) is 8.64. The average Bonchev–Trinajstić information content (AvgIpc) is 2.99. The van der Waals surface area contributed by atoms with Gasteiger partial charge in [0.1, 0.15) is 0 Å². The number of hydrogen-bond donors (Lipinski definition) is 1. The lowest BCUT2D eigenvalue weighted by Gasteiger charge is -2.30. The zero-order valence-electron chi connectivity index (χ0n) is 14.6. The van der Waals surface area contributed by atoms with E-state index in [0.29, 0.717) is 12.5 Å². The van der Waals surface area contributed by atoms with Crippen molar-refractivity contribution in [2.75, 3.05) is 19.6 Å². The lowest BCUT2D eigenvalue weighted by Crippen LogP contribution is -2.43. The topological polar surface area (TPSA) is 45.2 Å². The molecule has 130 valence electrons. The van der Waals surface area contributed by atoms with Gasteiger partial charge in [0.25, 0.3) is 0 Å². The predicted molar refractivity (Wildman–Crippen MR) is 101 cm³/mol. The number of aromatic nitrogens is 1. The first-order chi connectivity index (χ1) is 11.7. The second-order valence-electron chi connectivity index (χ2n) is 6.83. The van der Waals surface area contributed by atoms with E-state index in [1.807, 2.05) is 17.4 Å². The van der Waals surface area contributed by atoms with Crippen LogP contribution in [0.15, 0.2) is 24.3 Å². The van der Waals surface area contributed by atoms with E-state index in [0.717, 1.165) is 44.3 Å². The number of nitrogens with zero attached hydrogens (tertiary/aromatic N) is 2. The number of fused-ring (bicyclic) bond motifs is 1.